The Kier molecular flexibility index (Phi) is 3.89. The second-order valence-electron chi connectivity index (χ2n) is 4.37. The summed E-state index contributed by atoms with van der Waals surface area (Å²) in [5.74, 6) is 0.367. The molecule has 0 amide bonds. The average molecular weight is 263 g/mol. The monoisotopic (exact) mass is 263 g/mol. The van der Waals surface area contributed by atoms with Crippen LogP contribution in [0.25, 0.3) is 0 Å². The van der Waals surface area contributed by atoms with Gasteiger partial charge in [0.15, 0.2) is 0 Å². The van der Waals surface area contributed by atoms with Gasteiger partial charge >= 0.3 is 0 Å². The van der Waals surface area contributed by atoms with E-state index in [1.54, 1.807) is 17.4 Å². The maximum atomic E-state index is 9.80. The Balaban J connectivity index is 2.12. The van der Waals surface area contributed by atoms with Crippen molar-refractivity contribution in [3.63, 3.8) is 0 Å². The summed E-state index contributed by atoms with van der Waals surface area (Å²) >= 11 is 1.70. The summed E-state index contributed by atoms with van der Waals surface area (Å²) in [7, 11) is 0. The highest BCUT2D eigenvalue weighted by molar-refractivity contribution is 7.10. The molecule has 2 atom stereocenters. The first-order valence-electron chi connectivity index (χ1n) is 5.89. The molecule has 0 saturated heterocycles. The van der Waals surface area contributed by atoms with Gasteiger partial charge in [0.05, 0.1) is 0 Å². The van der Waals surface area contributed by atoms with Gasteiger partial charge < -0.3 is 15.5 Å². The first-order valence-corrected chi connectivity index (χ1v) is 6.77. The smallest absolute Gasteiger partial charge is 0.120 e. The van der Waals surface area contributed by atoms with E-state index in [1.807, 2.05) is 18.4 Å². The number of phenolic OH excluding ortho intramolecular Hbond substituents is 2. The van der Waals surface area contributed by atoms with Gasteiger partial charge in [-0.25, -0.2) is 0 Å². The molecule has 2 unspecified atom stereocenters. The third kappa shape index (κ3) is 2.83. The molecule has 1 heterocycles. The van der Waals surface area contributed by atoms with Gasteiger partial charge in [0.25, 0.3) is 0 Å². The number of hydrogen-bond donors (Lipinski definition) is 3. The zero-order valence-electron chi connectivity index (χ0n) is 10.4. The standard InChI is InChI=1S/C14H17NO2S/c1-9(12-8-11(16)5-6-13(12)17)15-10(2)14-4-3-7-18-14/h3-10,15-17H,1-2H3. The molecule has 96 valence electrons. The van der Waals surface area contributed by atoms with Crippen LogP contribution in [-0.4, -0.2) is 10.2 Å². The third-order valence-corrected chi connectivity index (χ3v) is 4.00. The van der Waals surface area contributed by atoms with Gasteiger partial charge in [0.1, 0.15) is 11.5 Å². The topological polar surface area (TPSA) is 52.5 Å². The highest BCUT2D eigenvalue weighted by atomic mass is 32.1. The molecule has 18 heavy (non-hydrogen) atoms. The quantitative estimate of drug-likeness (QED) is 0.739. The fourth-order valence-electron chi connectivity index (χ4n) is 1.97. The predicted molar refractivity (Wildman–Crippen MR) is 74.1 cm³/mol. The van der Waals surface area contributed by atoms with Crippen LogP contribution >= 0.6 is 11.3 Å². The molecule has 0 radical (unpaired) electrons. The average Bonchev–Trinajstić information content (AvgIpc) is 2.85. The van der Waals surface area contributed by atoms with Crippen LogP contribution in [0.4, 0.5) is 0 Å². The summed E-state index contributed by atoms with van der Waals surface area (Å²) in [4.78, 5) is 1.25. The van der Waals surface area contributed by atoms with E-state index in [0.29, 0.717) is 5.56 Å². The van der Waals surface area contributed by atoms with Gasteiger partial charge in [0, 0.05) is 22.5 Å². The summed E-state index contributed by atoms with van der Waals surface area (Å²) in [6.07, 6.45) is 0. The minimum atomic E-state index is -0.0331. The van der Waals surface area contributed by atoms with Crippen LogP contribution in [0.5, 0.6) is 11.5 Å². The van der Waals surface area contributed by atoms with Crippen molar-refractivity contribution in [2.45, 2.75) is 25.9 Å². The molecule has 0 aliphatic rings. The van der Waals surface area contributed by atoms with Crippen molar-refractivity contribution in [1.82, 2.24) is 5.32 Å². The molecular weight excluding hydrogens is 246 g/mol. The molecule has 2 rings (SSSR count). The minimum absolute atomic E-state index is 0.0331. The SMILES string of the molecule is CC(NC(C)c1cc(O)ccc1O)c1cccs1. The van der Waals surface area contributed by atoms with Crippen LogP contribution in [0.15, 0.2) is 35.7 Å². The highest BCUT2D eigenvalue weighted by Crippen LogP contribution is 2.30. The molecule has 3 N–H and O–H groups in total. The minimum Gasteiger partial charge on any atom is -0.508 e. The summed E-state index contributed by atoms with van der Waals surface area (Å²) in [5, 5.41) is 24.7. The first kappa shape index (κ1) is 12.9. The second kappa shape index (κ2) is 5.42. The normalized spacial score (nSPS) is 14.3. The van der Waals surface area contributed by atoms with Gasteiger partial charge in [-0.1, -0.05) is 6.07 Å². The Morgan fingerprint density at radius 3 is 2.56 bits per heavy atom. The van der Waals surface area contributed by atoms with Crippen LogP contribution in [0.2, 0.25) is 0 Å². The van der Waals surface area contributed by atoms with Crippen molar-refractivity contribution < 1.29 is 10.2 Å². The van der Waals surface area contributed by atoms with Gasteiger partial charge in [-0.15, -0.1) is 11.3 Å². The Morgan fingerprint density at radius 2 is 1.89 bits per heavy atom. The van der Waals surface area contributed by atoms with Crippen LogP contribution in [-0.2, 0) is 0 Å². The van der Waals surface area contributed by atoms with E-state index in [4.69, 9.17) is 0 Å². The predicted octanol–water partition coefficient (Wildman–Crippen LogP) is 3.57. The Bertz CT molecular complexity index is 511. The molecule has 0 saturated carbocycles. The van der Waals surface area contributed by atoms with E-state index < -0.39 is 0 Å². The lowest BCUT2D eigenvalue weighted by Gasteiger charge is -2.20. The fourth-order valence-corrected chi connectivity index (χ4v) is 2.72. The summed E-state index contributed by atoms with van der Waals surface area (Å²) in [6.45, 7) is 4.06. The number of hydrogen-bond acceptors (Lipinski definition) is 4. The Morgan fingerprint density at radius 1 is 1.11 bits per heavy atom. The lowest BCUT2D eigenvalue weighted by Crippen LogP contribution is -2.21. The maximum Gasteiger partial charge on any atom is 0.120 e. The molecule has 3 nitrogen and oxygen atoms in total. The molecule has 1 aromatic heterocycles. The highest BCUT2D eigenvalue weighted by Gasteiger charge is 2.15. The molecule has 0 aliphatic heterocycles. The van der Waals surface area contributed by atoms with Gasteiger partial charge in [-0.2, -0.15) is 0 Å². The van der Waals surface area contributed by atoms with E-state index in [2.05, 4.69) is 18.3 Å². The number of nitrogens with one attached hydrogen (secondary N) is 1. The molecule has 1 aromatic carbocycles. The van der Waals surface area contributed by atoms with Gasteiger partial charge in [-0.05, 0) is 43.5 Å². The van der Waals surface area contributed by atoms with Crippen molar-refractivity contribution in [2.75, 3.05) is 0 Å². The van der Waals surface area contributed by atoms with E-state index in [-0.39, 0.29) is 23.6 Å². The largest absolute Gasteiger partial charge is 0.508 e. The fraction of sp³-hybridized carbons (Fsp3) is 0.286. The number of benzene rings is 1. The lowest BCUT2D eigenvalue weighted by atomic mass is 10.1. The van der Waals surface area contributed by atoms with Crippen LogP contribution in [0.3, 0.4) is 0 Å². The van der Waals surface area contributed by atoms with Crippen molar-refractivity contribution in [3.8, 4) is 11.5 Å². The second-order valence-corrected chi connectivity index (χ2v) is 5.35. The van der Waals surface area contributed by atoms with Crippen LogP contribution < -0.4 is 5.32 Å². The molecule has 0 bridgehead atoms. The number of thiophene rings is 1. The van der Waals surface area contributed by atoms with Crippen molar-refractivity contribution in [3.05, 3.63) is 46.2 Å². The lowest BCUT2D eigenvalue weighted by molar-refractivity contribution is 0.430. The molecule has 4 heteroatoms. The first-order chi connectivity index (χ1) is 8.58. The third-order valence-electron chi connectivity index (χ3n) is 2.95. The zero-order valence-corrected chi connectivity index (χ0v) is 11.2. The molecule has 0 aliphatic carbocycles. The van der Waals surface area contributed by atoms with E-state index in [0.717, 1.165) is 0 Å². The van der Waals surface area contributed by atoms with Crippen molar-refractivity contribution in [2.24, 2.45) is 0 Å². The van der Waals surface area contributed by atoms with Gasteiger partial charge in [-0.3, -0.25) is 0 Å². The van der Waals surface area contributed by atoms with Crippen molar-refractivity contribution in [1.29, 1.82) is 0 Å². The molecule has 2 aromatic rings. The Hall–Kier alpha value is -1.52. The number of phenols is 2. The van der Waals surface area contributed by atoms with Crippen LogP contribution in [0, 0.1) is 0 Å². The molecule has 0 fully saturated rings. The summed E-state index contributed by atoms with van der Waals surface area (Å²) < 4.78 is 0. The summed E-state index contributed by atoms with van der Waals surface area (Å²) in [6, 6.07) is 8.86. The summed E-state index contributed by atoms with van der Waals surface area (Å²) in [5.41, 5.74) is 0.707. The van der Waals surface area contributed by atoms with Crippen molar-refractivity contribution >= 4 is 11.3 Å². The Labute approximate surface area is 111 Å². The van der Waals surface area contributed by atoms with E-state index >= 15 is 0 Å². The van der Waals surface area contributed by atoms with E-state index in [9.17, 15) is 10.2 Å². The maximum absolute atomic E-state index is 9.80. The molecule has 0 spiro atoms. The number of aromatic hydroxyl groups is 2. The molecular formula is C14H17NO2S. The number of rotatable bonds is 4. The van der Waals surface area contributed by atoms with Gasteiger partial charge in [0.2, 0.25) is 0 Å². The van der Waals surface area contributed by atoms with Crippen LogP contribution in [0.1, 0.15) is 36.4 Å². The van der Waals surface area contributed by atoms with E-state index in [1.165, 1.54) is 17.0 Å². The zero-order chi connectivity index (χ0) is 13.1.